The van der Waals surface area contributed by atoms with E-state index in [9.17, 15) is 18.0 Å². The van der Waals surface area contributed by atoms with Gasteiger partial charge >= 0.3 is 5.97 Å². The van der Waals surface area contributed by atoms with Gasteiger partial charge in [-0.15, -0.1) is 0 Å². The number of fused-ring (bicyclic) bond motifs is 1. The molecule has 1 amide bonds. The largest absolute Gasteiger partial charge is 0.453 e. The van der Waals surface area contributed by atoms with E-state index in [1.54, 1.807) is 12.2 Å². The second-order valence-electron chi connectivity index (χ2n) is 7.96. The molecule has 0 bridgehead atoms. The number of esters is 1. The highest BCUT2D eigenvalue weighted by Gasteiger charge is 2.40. The van der Waals surface area contributed by atoms with Crippen molar-refractivity contribution in [1.29, 1.82) is 0 Å². The fourth-order valence-electron chi connectivity index (χ4n) is 4.10. The molecule has 1 saturated heterocycles. The number of rotatable bonds is 5. The smallest absolute Gasteiger partial charge is 0.344 e. The van der Waals surface area contributed by atoms with Gasteiger partial charge in [0.1, 0.15) is 11.7 Å². The average molecular weight is 428 g/mol. The highest BCUT2D eigenvalue weighted by atomic mass is 32.2. The van der Waals surface area contributed by atoms with Crippen LogP contribution >= 0.6 is 0 Å². The molecule has 7 heteroatoms. The molecule has 158 valence electrons. The molecule has 1 aliphatic carbocycles. The topological polar surface area (TPSA) is 80.8 Å². The molecule has 1 aromatic rings. The maximum Gasteiger partial charge on any atom is 0.344 e. The first-order chi connectivity index (χ1) is 14.4. The van der Waals surface area contributed by atoms with Gasteiger partial charge in [-0.3, -0.25) is 4.79 Å². The monoisotopic (exact) mass is 427 g/mol. The van der Waals surface area contributed by atoms with Crippen LogP contribution in [0, 0.1) is 5.92 Å². The first kappa shape index (κ1) is 20.6. The minimum absolute atomic E-state index is 0.0225. The van der Waals surface area contributed by atoms with E-state index in [-0.39, 0.29) is 29.5 Å². The van der Waals surface area contributed by atoms with E-state index in [0.29, 0.717) is 6.42 Å². The Morgan fingerprint density at radius 2 is 1.83 bits per heavy atom. The van der Waals surface area contributed by atoms with Crippen molar-refractivity contribution in [3.63, 3.8) is 0 Å². The Morgan fingerprint density at radius 3 is 2.50 bits per heavy atom. The van der Waals surface area contributed by atoms with E-state index in [0.717, 1.165) is 12.0 Å². The third kappa shape index (κ3) is 4.26. The number of sulfone groups is 1. The van der Waals surface area contributed by atoms with E-state index >= 15 is 0 Å². The zero-order chi connectivity index (χ0) is 21.3. The lowest BCUT2D eigenvalue weighted by molar-refractivity contribution is -0.148. The van der Waals surface area contributed by atoms with E-state index in [1.807, 2.05) is 42.5 Å². The summed E-state index contributed by atoms with van der Waals surface area (Å²) in [4.78, 5) is 27.5. The zero-order valence-electron chi connectivity index (χ0n) is 16.9. The SMILES string of the molecule is CCc1ccc(CN(C(=O)C2=CC3C=CC=CC3OC2=O)C2CCS(=O)(=O)C2)cc1. The van der Waals surface area contributed by atoms with Gasteiger partial charge < -0.3 is 9.64 Å². The van der Waals surface area contributed by atoms with Crippen LogP contribution in [0.3, 0.4) is 0 Å². The number of benzene rings is 1. The number of aryl methyl sites for hydroxylation is 1. The molecule has 3 aliphatic rings. The van der Waals surface area contributed by atoms with Gasteiger partial charge in [0.2, 0.25) is 0 Å². The Balaban J connectivity index is 1.63. The first-order valence-electron chi connectivity index (χ1n) is 10.2. The molecule has 4 rings (SSSR count). The van der Waals surface area contributed by atoms with Gasteiger partial charge in [-0.1, -0.05) is 55.5 Å². The Morgan fingerprint density at radius 1 is 1.13 bits per heavy atom. The van der Waals surface area contributed by atoms with Crippen LogP contribution in [-0.2, 0) is 37.1 Å². The van der Waals surface area contributed by atoms with E-state index < -0.39 is 33.9 Å². The first-order valence-corrected chi connectivity index (χ1v) is 12.1. The summed E-state index contributed by atoms with van der Waals surface area (Å²) in [5.74, 6) is -1.35. The van der Waals surface area contributed by atoms with Crippen molar-refractivity contribution >= 4 is 21.7 Å². The fourth-order valence-corrected chi connectivity index (χ4v) is 5.83. The molecule has 2 aliphatic heterocycles. The summed E-state index contributed by atoms with van der Waals surface area (Å²) in [6.45, 7) is 2.31. The molecular weight excluding hydrogens is 402 g/mol. The highest BCUT2D eigenvalue weighted by Crippen LogP contribution is 2.28. The second kappa shape index (κ2) is 8.22. The van der Waals surface area contributed by atoms with Crippen LogP contribution in [0.15, 0.2) is 60.2 Å². The molecule has 6 nitrogen and oxygen atoms in total. The van der Waals surface area contributed by atoms with Crippen LogP contribution in [0.25, 0.3) is 0 Å². The molecule has 0 aromatic heterocycles. The van der Waals surface area contributed by atoms with Gasteiger partial charge in [0.25, 0.3) is 5.91 Å². The normalized spacial score (nSPS) is 26.6. The third-order valence-electron chi connectivity index (χ3n) is 5.87. The zero-order valence-corrected chi connectivity index (χ0v) is 17.7. The lowest BCUT2D eigenvalue weighted by Gasteiger charge is -2.32. The van der Waals surface area contributed by atoms with Crippen LogP contribution in [-0.4, -0.2) is 48.8 Å². The van der Waals surface area contributed by atoms with Crippen molar-refractivity contribution in [3.8, 4) is 0 Å². The number of hydrogen-bond acceptors (Lipinski definition) is 5. The third-order valence-corrected chi connectivity index (χ3v) is 7.62. The van der Waals surface area contributed by atoms with Gasteiger partial charge in [0.15, 0.2) is 9.84 Å². The average Bonchev–Trinajstić information content (AvgIpc) is 3.10. The van der Waals surface area contributed by atoms with Gasteiger partial charge in [-0.05, 0) is 30.0 Å². The van der Waals surface area contributed by atoms with Crippen LogP contribution in [0.2, 0.25) is 0 Å². The molecule has 0 N–H and O–H groups in total. The minimum Gasteiger partial charge on any atom is -0.453 e. The molecule has 0 radical (unpaired) electrons. The lowest BCUT2D eigenvalue weighted by Crippen LogP contribution is -2.44. The lowest BCUT2D eigenvalue weighted by atomic mass is 9.92. The van der Waals surface area contributed by atoms with E-state index in [1.165, 1.54) is 10.5 Å². The van der Waals surface area contributed by atoms with Gasteiger partial charge in [0, 0.05) is 18.5 Å². The molecule has 0 spiro atoms. The standard InChI is InChI=1S/C23H25NO5S/c1-2-16-7-9-17(10-8-16)14-24(19-11-12-30(27,28)15-19)22(25)20-13-18-5-3-4-6-21(18)29-23(20)26/h3-10,13,18-19,21H,2,11-12,14-15H2,1H3. The number of nitrogens with zero attached hydrogens (tertiary/aromatic N) is 1. The van der Waals surface area contributed by atoms with Gasteiger partial charge in [-0.2, -0.15) is 0 Å². The quantitative estimate of drug-likeness (QED) is 0.532. The molecule has 30 heavy (non-hydrogen) atoms. The predicted molar refractivity (Wildman–Crippen MR) is 113 cm³/mol. The Hall–Kier alpha value is -2.67. The van der Waals surface area contributed by atoms with E-state index in [4.69, 9.17) is 4.74 Å². The molecule has 3 unspecified atom stereocenters. The maximum atomic E-state index is 13.4. The number of carbonyl (C=O) groups excluding carboxylic acids is 2. The maximum absolute atomic E-state index is 13.4. The molecule has 2 heterocycles. The van der Waals surface area contributed by atoms with Crippen molar-refractivity contribution in [3.05, 3.63) is 71.3 Å². The number of allylic oxidation sites excluding steroid dienone is 2. The van der Waals surface area contributed by atoms with Crippen molar-refractivity contribution in [1.82, 2.24) is 4.90 Å². The van der Waals surface area contributed by atoms with E-state index in [2.05, 4.69) is 6.92 Å². The Kier molecular flexibility index (Phi) is 5.64. The summed E-state index contributed by atoms with van der Waals surface area (Å²) in [5, 5.41) is 0. The number of ether oxygens (including phenoxy) is 1. The number of amides is 1. The summed E-state index contributed by atoms with van der Waals surface area (Å²) in [5.41, 5.74) is 2.06. The van der Waals surface area contributed by atoms with Crippen LogP contribution in [0.5, 0.6) is 0 Å². The molecule has 1 aromatic carbocycles. The second-order valence-corrected chi connectivity index (χ2v) is 10.2. The van der Waals surface area contributed by atoms with Crippen molar-refractivity contribution in [2.45, 2.75) is 38.5 Å². The summed E-state index contributed by atoms with van der Waals surface area (Å²) in [7, 11) is -3.19. The molecule has 0 saturated carbocycles. The predicted octanol–water partition coefficient (Wildman–Crippen LogP) is 2.36. The molecule has 3 atom stereocenters. The highest BCUT2D eigenvalue weighted by molar-refractivity contribution is 7.91. The Bertz CT molecular complexity index is 1040. The van der Waals surface area contributed by atoms with Crippen molar-refractivity contribution in [2.75, 3.05) is 11.5 Å². The van der Waals surface area contributed by atoms with Crippen molar-refractivity contribution < 1.29 is 22.7 Å². The van der Waals surface area contributed by atoms with Gasteiger partial charge in [0.05, 0.1) is 11.5 Å². The summed E-state index contributed by atoms with van der Waals surface area (Å²) in [6, 6.07) is 7.44. The van der Waals surface area contributed by atoms with Crippen LogP contribution in [0.4, 0.5) is 0 Å². The van der Waals surface area contributed by atoms with Crippen molar-refractivity contribution in [2.24, 2.45) is 5.92 Å². The molecule has 1 fully saturated rings. The molecular formula is C23H25NO5S. The Labute approximate surface area is 176 Å². The summed E-state index contributed by atoms with van der Waals surface area (Å²) < 4.78 is 29.6. The number of carbonyl (C=O) groups is 2. The fraction of sp³-hybridized carbons (Fsp3) is 0.391. The minimum atomic E-state index is -3.19. The summed E-state index contributed by atoms with van der Waals surface area (Å²) in [6.07, 6.45) is 9.87. The number of hydrogen-bond donors (Lipinski definition) is 0. The van der Waals surface area contributed by atoms with Crippen LogP contribution in [0.1, 0.15) is 24.5 Å². The van der Waals surface area contributed by atoms with Crippen LogP contribution < -0.4 is 0 Å². The van der Waals surface area contributed by atoms with Gasteiger partial charge in [-0.25, -0.2) is 13.2 Å². The summed E-state index contributed by atoms with van der Waals surface area (Å²) >= 11 is 0.